The molecule has 0 bridgehead atoms. The van der Waals surface area contributed by atoms with Gasteiger partial charge < -0.3 is 0 Å². The van der Waals surface area contributed by atoms with E-state index in [0.29, 0.717) is 5.56 Å². The smallest absolute Gasteiger partial charge is 0.205 e. The van der Waals surface area contributed by atoms with E-state index in [1.807, 2.05) is 13.8 Å². The van der Waals surface area contributed by atoms with Crippen LogP contribution in [0, 0.1) is 13.8 Å². The van der Waals surface area contributed by atoms with Crippen LogP contribution < -0.4 is 0 Å². The molecule has 1 aliphatic carbocycles. The topological polar surface area (TPSA) is 34.1 Å². The minimum Gasteiger partial charge on any atom is -0.228 e. The molecule has 2 aromatic carbocycles. The predicted molar refractivity (Wildman–Crippen MR) is 100.0 cm³/mol. The molecule has 0 amide bonds. The van der Waals surface area contributed by atoms with E-state index in [1.165, 1.54) is 18.2 Å². The van der Waals surface area contributed by atoms with Crippen molar-refractivity contribution >= 4 is 9.84 Å². The van der Waals surface area contributed by atoms with Crippen LogP contribution in [0.2, 0.25) is 0 Å². The van der Waals surface area contributed by atoms with E-state index in [1.54, 1.807) is 36.4 Å². The molecule has 0 fully saturated rings. The van der Waals surface area contributed by atoms with Gasteiger partial charge in [-0.05, 0) is 48.3 Å². The molecule has 0 spiro atoms. The van der Waals surface area contributed by atoms with E-state index in [9.17, 15) is 12.8 Å². The molecule has 5 heteroatoms. The first-order valence-corrected chi connectivity index (χ1v) is 10.1. The summed E-state index contributed by atoms with van der Waals surface area (Å²) in [4.78, 5) is 0. The quantitative estimate of drug-likeness (QED) is 0.721. The zero-order chi connectivity index (χ0) is 19.2. The molecule has 0 heterocycles. The summed E-state index contributed by atoms with van der Waals surface area (Å²) in [5.74, 6) is -1.13. The van der Waals surface area contributed by atoms with Gasteiger partial charge >= 0.3 is 0 Å². The van der Waals surface area contributed by atoms with Gasteiger partial charge in [-0.1, -0.05) is 54.6 Å². The Kier molecular flexibility index (Phi) is 4.39. The van der Waals surface area contributed by atoms with Crippen LogP contribution in [0.1, 0.15) is 22.3 Å². The Balaban J connectivity index is 2.22. The highest BCUT2D eigenvalue weighted by Gasteiger charge is 2.47. The van der Waals surface area contributed by atoms with E-state index in [0.717, 1.165) is 29.5 Å². The molecule has 0 saturated carbocycles. The molecule has 2 unspecified atom stereocenters. The highest BCUT2D eigenvalue weighted by atomic mass is 32.2. The standard InChI is InChI=1S/C21H20F2O2S/c1-15-9-10-18(13-16(15)2)20(26(3,24)25)11-12-21(23,19(22)14-20)17-7-5-4-6-8-17/h4-14H,1-3H3. The van der Waals surface area contributed by atoms with Gasteiger partial charge in [-0.15, -0.1) is 0 Å². The van der Waals surface area contributed by atoms with Crippen molar-refractivity contribution in [2.24, 2.45) is 0 Å². The van der Waals surface area contributed by atoms with Crippen LogP contribution in [0.5, 0.6) is 0 Å². The number of halogens is 2. The molecule has 0 saturated heterocycles. The summed E-state index contributed by atoms with van der Waals surface area (Å²) >= 11 is 0. The first-order valence-electron chi connectivity index (χ1n) is 8.21. The van der Waals surface area contributed by atoms with Gasteiger partial charge in [-0.3, -0.25) is 0 Å². The summed E-state index contributed by atoms with van der Waals surface area (Å²) in [6.45, 7) is 3.76. The lowest BCUT2D eigenvalue weighted by Gasteiger charge is -2.34. The van der Waals surface area contributed by atoms with Crippen LogP contribution in [0.15, 0.2) is 72.6 Å². The van der Waals surface area contributed by atoms with Crippen LogP contribution >= 0.6 is 0 Å². The Morgan fingerprint density at radius 3 is 2.08 bits per heavy atom. The summed E-state index contributed by atoms with van der Waals surface area (Å²) < 4.78 is 53.8. The molecule has 136 valence electrons. The normalized spacial score (nSPS) is 25.8. The van der Waals surface area contributed by atoms with Gasteiger partial charge in [-0.25, -0.2) is 17.2 Å². The van der Waals surface area contributed by atoms with Crippen molar-refractivity contribution in [1.29, 1.82) is 0 Å². The molecule has 0 aliphatic heterocycles. The lowest BCUT2D eigenvalue weighted by molar-refractivity contribution is 0.232. The second-order valence-corrected chi connectivity index (χ2v) is 8.99. The fraction of sp³-hybridized carbons (Fsp3) is 0.238. The molecular weight excluding hydrogens is 354 g/mol. The summed E-state index contributed by atoms with van der Waals surface area (Å²) in [7, 11) is -3.81. The molecule has 0 radical (unpaired) electrons. The van der Waals surface area contributed by atoms with Crippen molar-refractivity contribution in [3.63, 3.8) is 0 Å². The number of sulfone groups is 1. The van der Waals surface area contributed by atoms with Gasteiger partial charge in [0, 0.05) is 6.26 Å². The fourth-order valence-corrected chi connectivity index (χ4v) is 4.37. The lowest BCUT2D eigenvalue weighted by atomic mass is 9.83. The number of hydrogen-bond donors (Lipinski definition) is 0. The van der Waals surface area contributed by atoms with E-state index >= 15 is 4.39 Å². The molecule has 2 aromatic rings. The van der Waals surface area contributed by atoms with Crippen LogP contribution in [0.25, 0.3) is 0 Å². The zero-order valence-electron chi connectivity index (χ0n) is 14.8. The molecule has 1 aliphatic rings. The van der Waals surface area contributed by atoms with Gasteiger partial charge in [0.05, 0.1) is 0 Å². The molecule has 2 atom stereocenters. The highest BCUT2D eigenvalue weighted by Crippen LogP contribution is 2.47. The van der Waals surface area contributed by atoms with Crippen molar-refractivity contribution in [2.45, 2.75) is 24.3 Å². The average molecular weight is 374 g/mol. The molecule has 26 heavy (non-hydrogen) atoms. The molecule has 0 aromatic heterocycles. The number of benzene rings is 2. The summed E-state index contributed by atoms with van der Waals surface area (Å²) in [6, 6.07) is 13.0. The third-order valence-electron chi connectivity index (χ3n) is 5.01. The molecule has 0 N–H and O–H groups in total. The highest BCUT2D eigenvalue weighted by molar-refractivity contribution is 7.92. The number of aryl methyl sites for hydroxylation is 2. The van der Waals surface area contributed by atoms with Crippen molar-refractivity contribution in [2.75, 3.05) is 6.26 Å². The Labute approximate surface area is 152 Å². The summed E-state index contributed by atoms with van der Waals surface area (Å²) in [5, 5.41) is 0. The Hall–Kier alpha value is -2.27. The van der Waals surface area contributed by atoms with Crippen LogP contribution in [0.4, 0.5) is 8.78 Å². The van der Waals surface area contributed by atoms with Gasteiger partial charge in [0.25, 0.3) is 0 Å². The minimum absolute atomic E-state index is 0.118. The van der Waals surface area contributed by atoms with E-state index in [2.05, 4.69) is 0 Å². The summed E-state index contributed by atoms with van der Waals surface area (Å²) in [5.41, 5.74) is -0.0923. The van der Waals surface area contributed by atoms with Crippen LogP contribution in [-0.2, 0) is 20.3 Å². The van der Waals surface area contributed by atoms with Gasteiger partial charge in [-0.2, -0.15) is 0 Å². The van der Waals surface area contributed by atoms with Crippen molar-refractivity contribution in [3.05, 3.63) is 94.8 Å². The Morgan fingerprint density at radius 1 is 0.885 bits per heavy atom. The first kappa shape index (κ1) is 18.5. The number of allylic oxidation sites excluding steroid dienone is 2. The average Bonchev–Trinajstić information content (AvgIpc) is 2.59. The van der Waals surface area contributed by atoms with Crippen molar-refractivity contribution < 1.29 is 17.2 Å². The molecule has 2 nitrogen and oxygen atoms in total. The van der Waals surface area contributed by atoms with Crippen LogP contribution in [0.3, 0.4) is 0 Å². The number of rotatable bonds is 3. The molecular formula is C21H20F2O2S. The fourth-order valence-electron chi connectivity index (χ4n) is 3.18. The predicted octanol–water partition coefficient (Wildman–Crippen LogP) is 4.83. The third-order valence-corrected chi connectivity index (χ3v) is 6.73. The van der Waals surface area contributed by atoms with Crippen LogP contribution in [-0.4, -0.2) is 14.7 Å². The van der Waals surface area contributed by atoms with Crippen molar-refractivity contribution in [1.82, 2.24) is 0 Å². The largest absolute Gasteiger partial charge is 0.228 e. The maximum absolute atomic E-state index is 15.4. The Morgan fingerprint density at radius 2 is 1.54 bits per heavy atom. The lowest BCUT2D eigenvalue weighted by Crippen LogP contribution is -2.36. The van der Waals surface area contributed by atoms with E-state index in [4.69, 9.17) is 0 Å². The van der Waals surface area contributed by atoms with Crippen molar-refractivity contribution in [3.8, 4) is 0 Å². The maximum Gasteiger partial charge on any atom is 0.205 e. The first-order chi connectivity index (χ1) is 12.1. The SMILES string of the molecule is Cc1ccc(C2(S(C)(=O)=O)C=CC(F)(c3ccccc3)C(F)=C2)cc1C. The van der Waals surface area contributed by atoms with Gasteiger partial charge in [0.2, 0.25) is 5.67 Å². The summed E-state index contributed by atoms with van der Waals surface area (Å²) in [6.07, 6.45) is 4.18. The van der Waals surface area contributed by atoms with E-state index < -0.39 is 26.1 Å². The number of hydrogen-bond acceptors (Lipinski definition) is 2. The second kappa shape index (κ2) is 6.16. The van der Waals surface area contributed by atoms with Gasteiger partial charge in [0.15, 0.2) is 9.84 Å². The maximum atomic E-state index is 15.4. The third kappa shape index (κ3) is 2.80. The van der Waals surface area contributed by atoms with Gasteiger partial charge in [0.1, 0.15) is 10.6 Å². The number of alkyl halides is 1. The van der Waals surface area contributed by atoms with E-state index in [-0.39, 0.29) is 5.56 Å². The Bertz CT molecular complexity index is 1010. The zero-order valence-corrected chi connectivity index (χ0v) is 15.6. The second-order valence-electron chi connectivity index (χ2n) is 6.77. The minimum atomic E-state index is -3.81. The monoisotopic (exact) mass is 374 g/mol. The molecule has 3 rings (SSSR count).